The van der Waals surface area contributed by atoms with Crippen LogP contribution in [0.25, 0.3) is 5.70 Å². The minimum Gasteiger partial charge on any atom is -0.381 e. The fourth-order valence-corrected chi connectivity index (χ4v) is 3.77. The summed E-state index contributed by atoms with van der Waals surface area (Å²) in [5.74, 6) is -0.0465. The Labute approximate surface area is 145 Å². The Kier molecular flexibility index (Phi) is 5.24. The number of hydrogen-bond acceptors (Lipinski definition) is 3. The molecule has 2 aliphatic heterocycles. The standard InChI is InChI=1S/C17H19Cl2FN2O/c1-11(12-4-7-23-8-5-12)22-6-2-3-14(18)17(22)13-9-16(20)21-10-15(13)19/h2-3,9-12H,4-8H2,1H3/t11-/m1/s1. The number of allylic oxidation sites excluding steroid dienone is 2. The first-order chi connectivity index (χ1) is 11.1. The summed E-state index contributed by atoms with van der Waals surface area (Å²) < 4.78 is 19.1. The molecule has 124 valence electrons. The maximum absolute atomic E-state index is 13.6. The van der Waals surface area contributed by atoms with E-state index in [1.165, 1.54) is 12.3 Å². The molecule has 1 atom stereocenters. The molecule has 0 aliphatic carbocycles. The molecule has 1 fully saturated rings. The summed E-state index contributed by atoms with van der Waals surface area (Å²) in [7, 11) is 0. The second-order valence-electron chi connectivity index (χ2n) is 5.93. The highest BCUT2D eigenvalue weighted by molar-refractivity contribution is 6.36. The molecule has 0 aromatic carbocycles. The Bertz CT molecular complexity index is 641. The second kappa shape index (κ2) is 7.20. The van der Waals surface area contributed by atoms with Crippen LogP contribution in [0, 0.1) is 11.9 Å². The average molecular weight is 357 g/mol. The highest BCUT2D eigenvalue weighted by Gasteiger charge is 2.30. The third kappa shape index (κ3) is 3.54. The zero-order valence-electron chi connectivity index (χ0n) is 12.9. The Balaban J connectivity index is 1.96. The van der Waals surface area contributed by atoms with E-state index in [1.807, 2.05) is 12.2 Å². The van der Waals surface area contributed by atoms with E-state index in [2.05, 4.69) is 16.8 Å². The predicted molar refractivity (Wildman–Crippen MR) is 90.8 cm³/mol. The Morgan fingerprint density at radius 1 is 1.35 bits per heavy atom. The molecule has 0 spiro atoms. The maximum atomic E-state index is 13.6. The third-order valence-corrected chi connectivity index (χ3v) is 5.20. The number of aromatic nitrogens is 1. The SMILES string of the molecule is C[C@H](C1CCOCC1)N1CC=CC(Cl)=C1c1cc(F)ncc1Cl. The molecule has 0 unspecified atom stereocenters. The molecule has 2 aliphatic rings. The molecule has 0 N–H and O–H groups in total. The van der Waals surface area contributed by atoms with Gasteiger partial charge in [0.05, 0.1) is 15.8 Å². The summed E-state index contributed by atoms with van der Waals surface area (Å²) in [5, 5.41) is 0.974. The van der Waals surface area contributed by atoms with Gasteiger partial charge >= 0.3 is 0 Å². The van der Waals surface area contributed by atoms with Crippen LogP contribution in [-0.4, -0.2) is 35.7 Å². The topological polar surface area (TPSA) is 25.4 Å². The smallest absolute Gasteiger partial charge is 0.213 e. The van der Waals surface area contributed by atoms with Gasteiger partial charge in [-0.3, -0.25) is 0 Å². The van der Waals surface area contributed by atoms with Crippen LogP contribution in [0.4, 0.5) is 4.39 Å². The van der Waals surface area contributed by atoms with Crippen LogP contribution in [0.15, 0.2) is 29.4 Å². The summed E-state index contributed by atoms with van der Waals surface area (Å²) in [6, 6.07) is 1.61. The first-order valence-electron chi connectivity index (χ1n) is 7.80. The number of halogens is 3. The van der Waals surface area contributed by atoms with Gasteiger partial charge in [0.1, 0.15) is 0 Å². The molecule has 0 bridgehead atoms. The van der Waals surface area contributed by atoms with Gasteiger partial charge in [-0.2, -0.15) is 4.39 Å². The molecule has 3 heterocycles. The summed E-state index contributed by atoms with van der Waals surface area (Å²) in [4.78, 5) is 5.81. The zero-order chi connectivity index (χ0) is 16.4. The van der Waals surface area contributed by atoms with Gasteiger partial charge in [0.2, 0.25) is 5.95 Å². The van der Waals surface area contributed by atoms with Crippen LogP contribution in [0.5, 0.6) is 0 Å². The first-order valence-corrected chi connectivity index (χ1v) is 8.55. The van der Waals surface area contributed by atoms with E-state index in [-0.39, 0.29) is 6.04 Å². The highest BCUT2D eigenvalue weighted by atomic mass is 35.5. The van der Waals surface area contributed by atoms with Gasteiger partial charge in [-0.1, -0.05) is 29.3 Å². The minimum atomic E-state index is -0.561. The van der Waals surface area contributed by atoms with E-state index in [0.717, 1.165) is 38.3 Å². The van der Waals surface area contributed by atoms with Crippen LogP contribution in [-0.2, 0) is 4.74 Å². The lowest BCUT2D eigenvalue weighted by molar-refractivity contribution is 0.0433. The monoisotopic (exact) mass is 356 g/mol. The Morgan fingerprint density at radius 3 is 2.83 bits per heavy atom. The van der Waals surface area contributed by atoms with Crippen LogP contribution in [0.1, 0.15) is 25.3 Å². The van der Waals surface area contributed by atoms with E-state index in [1.54, 1.807) is 0 Å². The van der Waals surface area contributed by atoms with Crippen molar-refractivity contribution in [2.45, 2.75) is 25.8 Å². The van der Waals surface area contributed by atoms with Gasteiger partial charge in [0.25, 0.3) is 0 Å². The van der Waals surface area contributed by atoms with E-state index >= 15 is 0 Å². The van der Waals surface area contributed by atoms with Crippen molar-refractivity contribution < 1.29 is 9.13 Å². The lowest BCUT2D eigenvalue weighted by atomic mass is 9.90. The van der Waals surface area contributed by atoms with Crippen molar-refractivity contribution in [3.8, 4) is 0 Å². The predicted octanol–water partition coefficient (Wildman–Crippen LogP) is 4.47. The molecule has 1 saturated heterocycles. The van der Waals surface area contributed by atoms with Gasteiger partial charge in [-0.25, -0.2) is 4.98 Å². The van der Waals surface area contributed by atoms with E-state index in [0.29, 0.717) is 21.5 Å². The third-order valence-electron chi connectivity index (χ3n) is 4.60. The summed E-state index contributed by atoms with van der Waals surface area (Å²) >= 11 is 12.7. The van der Waals surface area contributed by atoms with Crippen molar-refractivity contribution in [1.82, 2.24) is 9.88 Å². The normalized spacial score (nSPS) is 21.0. The lowest BCUT2D eigenvalue weighted by Crippen LogP contribution is -2.41. The number of nitrogens with zero attached hydrogens (tertiary/aromatic N) is 2. The molecule has 1 aromatic heterocycles. The molecule has 3 rings (SSSR count). The molecule has 3 nitrogen and oxygen atoms in total. The zero-order valence-corrected chi connectivity index (χ0v) is 14.4. The molecule has 23 heavy (non-hydrogen) atoms. The molecule has 6 heteroatoms. The molecule has 0 saturated carbocycles. The number of rotatable bonds is 3. The average Bonchev–Trinajstić information content (AvgIpc) is 2.57. The molecular weight excluding hydrogens is 338 g/mol. The number of ether oxygens (including phenoxy) is 1. The Hall–Kier alpha value is -1.10. The minimum absolute atomic E-state index is 0.264. The van der Waals surface area contributed by atoms with Gasteiger partial charge in [0.15, 0.2) is 0 Å². The van der Waals surface area contributed by atoms with E-state index in [4.69, 9.17) is 27.9 Å². The van der Waals surface area contributed by atoms with Crippen LogP contribution in [0.3, 0.4) is 0 Å². The van der Waals surface area contributed by atoms with Crippen LogP contribution < -0.4 is 0 Å². The van der Waals surface area contributed by atoms with Crippen molar-refractivity contribution in [3.05, 3.63) is 46.0 Å². The number of pyridine rings is 1. The van der Waals surface area contributed by atoms with Gasteiger partial charge in [0, 0.05) is 43.6 Å². The van der Waals surface area contributed by atoms with Gasteiger partial charge < -0.3 is 9.64 Å². The van der Waals surface area contributed by atoms with Crippen molar-refractivity contribution in [3.63, 3.8) is 0 Å². The molecular formula is C17H19Cl2FN2O. The van der Waals surface area contributed by atoms with Gasteiger partial charge in [-0.15, -0.1) is 0 Å². The molecule has 0 radical (unpaired) electrons. The highest BCUT2D eigenvalue weighted by Crippen LogP contribution is 2.37. The molecule has 1 aromatic rings. The van der Waals surface area contributed by atoms with Gasteiger partial charge in [-0.05, 0) is 31.8 Å². The lowest BCUT2D eigenvalue weighted by Gasteiger charge is -2.40. The summed E-state index contributed by atoms with van der Waals surface area (Å²) in [6.45, 7) is 4.49. The second-order valence-corrected chi connectivity index (χ2v) is 6.74. The molecule has 0 amide bonds. The van der Waals surface area contributed by atoms with E-state index < -0.39 is 5.95 Å². The van der Waals surface area contributed by atoms with E-state index in [9.17, 15) is 4.39 Å². The maximum Gasteiger partial charge on any atom is 0.213 e. The summed E-state index contributed by atoms with van der Waals surface area (Å²) in [5.41, 5.74) is 1.37. The number of hydrogen-bond donors (Lipinski definition) is 0. The van der Waals surface area contributed by atoms with Crippen LogP contribution in [0.2, 0.25) is 5.02 Å². The first kappa shape index (κ1) is 16.7. The summed E-state index contributed by atoms with van der Waals surface area (Å²) in [6.07, 6.45) is 7.24. The van der Waals surface area contributed by atoms with Crippen LogP contribution >= 0.6 is 23.2 Å². The largest absolute Gasteiger partial charge is 0.381 e. The fourth-order valence-electron chi connectivity index (χ4n) is 3.28. The quantitative estimate of drug-likeness (QED) is 0.747. The Morgan fingerprint density at radius 2 is 2.09 bits per heavy atom. The fraction of sp³-hybridized carbons (Fsp3) is 0.471. The van der Waals surface area contributed by atoms with Crippen molar-refractivity contribution >= 4 is 28.9 Å². The van der Waals surface area contributed by atoms with Crippen molar-refractivity contribution in [2.75, 3.05) is 19.8 Å². The van der Waals surface area contributed by atoms with Crippen molar-refractivity contribution in [2.24, 2.45) is 5.92 Å². The van der Waals surface area contributed by atoms with Crippen molar-refractivity contribution in [1.29, 1.82) is 0 Å².